The monoisotopic (exact) mass is 1730 g/mol. The van der Waals surface area contributed by atoms with Crippen LogP contribution in [0.2, 0.25) is 0 Å². The minimum Gasteiger partial charge on any atom is -0.346 e. The second kappa shape index (κ2) is 39.4. The molecule has 4 aliphatic rings. The summed E-state index contributed by atoms with van der Waals surface area (Å²) in [5, 5.41) is 3.10. The number of benzene rings is 10. The summed E-state index contributed by atoms with van der Waals surface area (Å²) < 4.78 is 108. The Balaban J connectivity index is 0.000000202. The van der Waals surface area contributed by atoms with Crippen LogP contribution in [0.5, 0.6) is 0 Å². The number of hydrogen-bond donors (Lipinski definition) is 1. The van der Waals surface area contributed by atoms with Crippen LogP contribution in [0.25, 0.3) is 0 Å². The number of anilines is 3. The lowest BCUT2D eigenvalue weighted by molar-refractivity contribution is -0.437. The summed E-state index contributed by atoms with van der Waals surface area (Å²) in [5.41, 5.74) is 22.8. The molecule has 1 N–H and O–H groups in total. The van der Waals surface area contributed by atoms with Crippen LogP contribution in [-0.2, 0) is 66.7 Å². The van der Waals surface area contributed by atoms with Crippen LogP contribution in [0.1, 0.15) is 170 Å². The van der Waals surface area contributed by atoms with Gasteiger partial charge in [0.05, 0.1) is 53.3 Å². The summed E-state index contributed by atoms with van der Waals surface area (Å²) in [4.78, 5) is 32.0. The van der Waals surface area contributed by atoms with Crippen molar-refractivity contribution in [3.63, 3.8) is 0 Å². The van der Waals surface area contributed by atoms with E-state index in [0.717, 1.165) is 82.6 Å². The van der Waals surface area contributed by atoms with Crippen LogP contribution in [0.15, 0.2) is 292 Å². The first-order valence-electron chi connectivity index (χ1n) is 40.7. The number of aryl methyl sites for hydroxylation is 4. The molecule has 10 aromatic rings. The Morgan fingerprint density at radius 3 is 0.854 bits per heavy atom. The average Bonchev–Trinajstić information content (AvgIpc) is 1.56. The summed E-state index contributed by atoms with van der Waals surface area (Å²) >= 11 is 0. The molecule has 0 bridgehead atoms. The number of nitrogens with zero attached hydrogens (tertiary/aromatic N) is 7. The third kappa shape index (κ3) is 20.1. The molecule has 0 fully saturated rings. The predicted octanol–water partition coefficient (Wildman–Crippen LogP) is 21.8. The molecule has 0 spiro atoms. The lowest BCUT2D eigenvalue weighted by Crippen LogP contribution is -2.30. The molecular weight excluding hydrogens is 1610 g/mol. The van der Waals surface area contributed by atoms with Gasteiger partial charge in [-0.15, -0.1) is 0 Å². The number of amides is 2. The van der Waals surface area contributed by atoms with Gasteiger partial charge in [-0.25, -0.2) is 38.7 Å². The molecule has 0 saturated carbocycles. The number of carbonyl (C=O) groups is 2. The number of rotatable bonds is 19. The van der Waals surface area contributed by atoms with E-state index in [9.17, 15) is 43.3 Å². The van der Waals surface area contributed by atoms with Gasteiger partial charge in [-0.05, 0) is 208 Å². The second-order valence-corrected chi connectivity index (χ2v) is 43.2. The van der Waals surface area contributed by atoms with Gasteiger partial charge in [-0.1, -0.05) is 158 Å². The van der Waals surface area contributed by atoms with E-state index < -0.39 is 35.5 Å². The van der Waals surface area contributed by atoms with Gasteiger partial charge >= 0.3 is 0 Å². The fraction of sp³-hybridized carbons (Fsp3) is 0.297. The number of carbonyl (C=O) groups excluding carboxylic acids is 2. The van der Waals surface area contributed by atoms with Crippen molar-refractivity contribution in [2.24, 2.45) is 4.99 Å². The van der Waals surface area contributed by atoms with Crippen LogP contribution in [0.4, 0.5) is 45.5 Å². The molecule has 4 aliphatic heterocycles. The van der Waals surface area contributed by atoms with Gasteiger partial charge < -0.3 is 5.32 Å². The lowest BCUT2D eigenvalue weighted by Gasteiger charge is -2.19. The Bertz CT molecular complexity index is 5750. The van der Waals surface area contributed by atoms with E-state index in [4.69, 9.17) is 0 Å². The summed E-state index contributed by atoms with van der Waals surface area (Å²) in [6, 6.07) is 71.9. The fourth-order valence-electron chi connectivity index (χ4n) is 15.5. The van der Waals surface area contributed by atoms with Crippen LogP contribution < -0.4 is 15.1 Å². The third-order valence-corrected chi connectivity index (χ3v) is 33.5. The SMILES string of the molecule is C.C.C(=Nc1ccccc1)Nc1ccccc1.CC[N+]1=C(C)C(C)(C)c2cc3c(cc21)C(C)(C)C(C)=[N+]3CC.CC[N+]1=C(C=CN(C(C)=O)c2ccccc2)C(C)(C)c2cc3c(cc21)C(C)(C)C(C=CN(C(C)=O)c1ccccc1)=[N+]3CC.Cc1ccc(S(=O)(=O)S(=O)(=O)c2ccc(C)cc2)cc1.Cc1ccc(S(=O)(=O)S(=O)(=O)c2ccc(C)cc2)cc1. The topological polar surface area (TPSA) is 214 Å². The highest BCUT2D eigenvalue weighted by Crippen LogP contribution is 2.51. The zero-order chi connectivity index (χ0) is 88.5. The number of fused-ring (bicyclic) bond motifs is 4. The molecule has 14 rings (SSSR count). The van der Waals surface area contributed by atoms with E-state index in [0.29, 0.717) is 0 Å². The van der Waals surface area contributed by atoms with E-state index in [1.54, 1.807) is 106 Å². The van der Waals surface area contributed by atoms with Crippen molar-refractivity contribution in [2.75, 3.05) is 41.3 Å². The summed E-state index contributed by atoms with van der Waals surface area (Å²) in [5.74, 6) is -0.0640. The maximum Gasteiger partial charge on any atom is 0.286 e. The van der Waals surface area contributed by atoms with Gasteiger partial charge in [0.25, 0.3) is 35.5 Å². The molecule has 0 saturated heterocycles. The van der Waals surface area contributed by atoms with Crippen molar-refractivity contribution in [3.8, 4) is 0 Å². The Morgan fingerprint density at radius 1 is 0.350 bits per heavy atom. The Labute approximate surface area is 731 Å². The molecule has 0 unspecified atom stereocenters. The highest BCUT2D eigenvalue weighted by atomic mass is 33.2. The number of nitrogens with one attached hydrogen (secondary N) is 1. The Kier molecular flexibility index (Phi) is 31.1. The maximum absolute atomic E-state index is 12.6. The third-order valence-electron chi connectivity index (χ3n) is 23.1. The molecule has 0 radical (unpaired) electrons. The van der Waals surface area contributed by atoms with Gasteiger partial charge in [0, 0.05) is 116 Å². The van der Waals surface area contributed by atoms with Crippen molar-refractivity contribution in [3.05, 3.63) is 312 Å². The van der Waals surface area contributed by atoms with Gasteiger partial charge in [-0.2, -0.15) is 18.3 Å². The molecule has 2 amide bonds. The maximum atomic E-state index is 12.6. The van der Waals surface area contributed by atoms with Crippen LogP contribution >= 0.6 is 0 Å². The van der Waals surface area contributed by atoms with Crippen molar-refractivity contribution in [1.82, 2.24) is 0 Å². The predicted molar refractivity (Wildman–Crippen MR) is 507 cm³/mol. The molecular formula is C101H122N8O10S4+4. The van der Waals surface area contributed by atoms with Crippen molar-refractivity contribution < 1.29 is 61.6 Å². The zero-order valence-electron chi connectivity index (χ0n) is 73.2. The van der Waals surface area contributed by atoms with Gasteiger partial charge in [0.15, 0.2) is 22.8 Å². The quantitative estimate of drug-likeness (QED) is 0.0348. The first kappa shape index (κ1) is 97.0. The van der Waals surface area contributed by atoms with Gasteiger partial charge in [0.1, 0.15) is 26.2 Å². The molecule has 0 aromatic heterocycles. The first-order valence-corrected chi connectivity index (χ1v) is 47.7. The van der Waals surface area contributed by atoms with Crippen LogP contribution in [-0.4, -0.2) is 119 Å². The lowest BCUT2D eigenvalue weighted by atomic mass is 9.77. The summed E-state index contributed by atoms with van der Waals surface area (Å²) in [6.45, 7) is 46.0. The fourth-order valence-corrected chi connectivity index (χ4v) is 22.8. The molecule has 0 atom stereocenters. The molecule has 123 heavy (non-hydrogen) atoms. The first-order chi connectivity index (χ1) is 57.0. The molecule has 646 valence electrons. The number of allylic oxidation sites excluding steroid dienone is 2. The summed E-state index contributed by atoms with van der Waals surface area (Å²) in [6.07, 6.45) is 9.72. The molecule has 0 aliphatic carbocycles. The summed E-state index contributed by atoms with van der Waals surface area (Å²) in [7, 11) is -17.8. The highest BCUT2D eigenvalue weighted by molar-refractivity contribution is 8.67. The van der Waals surface area contributed by atoms with Crippen molar-refractivity contribution >= 4 is 122 Å². The molecule has 4 heterocycles. The Morgan fingerprint density at radius 2 is 0.593 bits per heavy atom. The average molecular weight is 1740 g/mol. The van der Waals surface area contributed by atoms with E-state index in [-0.39, 0.29) is 67.9 Å². The Hall–Kier alpha value is -11.4. The van der Waals surface area contributed by atoms with E-state index >= 15 is 0 Å². The van der Waals surface area contributed by atoms with Crippen LogP contribution in [0.3, 0.4) is 0 Å². The van der Waals surface area contributed by atoms with Crippen LogP contribution in [0, 0.1) is 27.7 Å². The second-order valence-electron chi connectivity index (χ2n) is 32.4. The number of aliphatic imine (C=N–C) groups is 1. The van der Waals surface area contributed by atoms with Crippen molar-refractivity contribution in [1.29, 1.82) is 0 Å². The van der Waals surface area contributed by atoms with E-state index in [2.05, 4.69) is 162 Å². The number of para-hydroxylation sites is 4. The highest BCUT2D eigenvalue weighted by Gasteiger charge is 2.52. The standard InChI is InChI=1S/C38H44N4O2.C20H30N2.2C14H14O4S2.C13H12N2.2CH4/c1-9-39-33-25-32-34(26-31(33)37(5,6)35(39)21-23-41(27(3)43)29-17-13-11-14-18-29)40(10-2)36(38(32,7)8)22-24-42(28(4)44)30-19-15-12-16-20-30;1-9-21-13(3)19(5,6)15-12-18-16(11-17(15)21)20(7,8)14(4)22(18)10-2;2*1-11-3-7-13(8-4-11)19(15,16)20(17,18)14-9-5-12(2)6-10-14;1-3-7-12(8-4-1)14-11-15-13-9-5-2-6-10-13;;/h11-26H,9-10H2,1-8H3;11-12H,9-10H2,1-8H3;2*3-10H,1-2H3;1-11H,(H,14,15);2*1H4/q2*+2;;;;;. The van der Waals surface area contributed by atoms with Crippen molar-refractivity contribution in [2.45, 2.75) is 195 Å². The minimum atomic E-state index is -4.45. The minimum absolute atomic E-state index is 0. The van der Waals surface area contributed by atoms with E-state index in [1.807, 2.05) is 134 Å². The largest absolute Gasteiger partial charge is 0.346 e. The van der Waals surface area contributed by atoms with Gasteiger partial charge in [0.2, 0.25) is 34.6 Å². The molecule has 10 aromatic carbocycles. The van der Waals surface area contributed by atoms with E-state index in [1.165, 1.54) is 105 Å². The normalized spacial score (nSPS) is 15.0. The smallest absolute Gasteiger partial charge is 0.286 e. The molecule has 18 nitrogen and oxygen atoms in total. The zero-order valence-corrected chi connectivity index (χ0v) is 76.4. The number of hydrogen-bond acceptors (Lipinski definition) is 11. The van der Waals surface area contributed by atoms with Gasteiger partial charge in [-0.3, -0.25) is 19.4 Å². The molecule has 22 heteroatoms.